The van der Waals surface area contributed by atoms with Gasteiger partial charge in [-0.3, -0.25) is 4.79 Å². The molecule has 3 N–H and O–H groups in total. The smallest absolute Gasteiger partial charge is 0.229 e. The number of rotatable bonds is 6. The van der Waals surface area contributed by atoms with Crippen LogP contribution in [0.1, 0.15) is 33.1 Å². The maximum Gasteiger partial charge on any atom is 0.229 e. The average molecular weight is 443 g/mol. The molecule has 1 aromatic heterocycles. The summed E-state index contributed by atoms with van der Waals surface area (Å²) in [4.78, 5) is 16.7. The predicted octanol–water partition coefficient (Wildman–Crippen LogP) is 4.57. The summed E-state index contributed by atoms with van der Waals surface area (Å²) >= 11 is 6.46. The number of hydrogen-bond donors (Lipinski definition) is 3. The van der Waals surface area contributed by atoms with Crippen LogP contribution >= 0.6 is 11.6 Å². The van der Waals surface area contributed by atoms with Crippen LogP contribution in [0.15, 0.2) is 36.5 Å². The van der Waals surface area contributed by atoms with Crippen molar-refractivity contribution >= 4 is 29.0 Å². The van der Waals surface area contributed by atoms with Crippen LogP contribution in [0.2, 0.25) is 5.02 Å². The number of carbonyl (C=O) groups is 1. The molecule has 1 unspecified atom stereocenters. The number of ether oxygens (including phenoxy) is 1. The Hall–Kier alpha value is -2.15. The Balaban J connectivity index is 1.44. The van der Waals surface area contributed by atoms with Crippen molar-refractivity contribution < 1.29 is 9.53 Å². The highest BCUT2D eigenvalue weighted by Gasteiger charge is 2.28. The lowest BCUT2D eigenvalue weighted by Crippen LogP contribution is -2.36. The summed E-state index contributed by atoms with van der Waals surface area (Å²) in [7, 11) is 0. The summed E-state index contributed by atoms with van der Waals surface area (Å²) in [5.41, 5.74) is 2.85. The second-order valence-corrected chi connectivity index (χ2v) is 9.56. The van der Waals surface area contributed by atoms with E-state index in [1.54, 1.807) is 6.20 Å². The summed E-state index contributed by atoms with van der Waals surface area (Å²) in [5, 5.41) is 10.3. The summed E-state index contributed by atoms with van der Waals surface area (Å²) in [6.45, 7) is 7.64. The van der Waals surface area contributed by atoms with E-state index in [0.29, 0.717) is 23.3 Å². The summed E-state index contributed by atoms with van der Waals surface area (Å²) in [5.74, 6) is 1.10. The van der Waals surface area contributed by atoms with Crippen LogP contribution in [-0.4, -0.2) is 42.7 Å². The molecule has 166 valence electrons. The minimum absolute atomic E-state index is 0.000533. The molecule has 4 rings (SSSR count). The van der Waals surface area contributed by atoms with Crippen LogP contribution in [-0.2, 0) is 9.53 Å². The zero-order valence-corrected chi connectivity index (χ0v) is 19.0. The van der Waals surface area contributed by atoms with Gasteiger partial charge in [-0.05, 0) is 69.3 Å². The fraction of sp³-hybridized carbons (Fsp3) is 0.500. The minimum atomic E-state index is -0.0492. The van der Waals surface area contributed by atoms with E-state index < -0.39 is 0 Å². The van der Waals surface area contributed by atoms with Gasteiger partial charge in [0.25, 0.3) is 0 Å². The first-order valence-corrected chi connectivity index (χ1v) is 11.4. The van der Waals surface area contributed by atoms with Crippen molar-refractivity contribution in [1.82, 2.24) is 10.3 Å². The highest BCUT2D eigenvalue weighted by molar-refractivity contribution is 6.33. The quantitative estimate of drug-likeness (QED) is 0.611. The third-order valence-electron chi connectivity index (χ3n) is 6.11. The number of pyridine rings is 1. The molecule has 0 radical (unpaired) electrons. The number of anilines is 2. The molecule has 6 nitrogen and oxygen atoms in total. The van der Waals surface area contributed by atoms with Gasteiger partial charge in [-0.1, -0.05) is 23.7 Å². The van der Waals surface area contributed by atoms with Gasteiger partial charge in [0.2, 0.25) is 5.91 Å². The van der Waals surface area contributed by atoms with Gasteiger partial charge in [0, 0.05) is 37.1 Å². The SMILES string of the molecule is CC1(C)CC(CNc2cccc(-c3cc(NC(=O)[C@@H]4CCNC4)ncc3Cl)c2)CCO1. The normalized spacial score (nSPS) is 22.8. The van der Waals surface area contributed by atoms with Gasteiger partial charge >= 0.3 is 0 Å². The molecule has 0 aliphatic carbocycles. The van der Waals surface area contributed by atoms with E-state index in [-0.39, 0.29) is 17.4 Å². The van der Waals surface area contributed by atoms with Crippen LogP contribution in [0.5, 0.6) is 0 Å². The number of nitrogens with zero attached hydrogens (tertiary/aromatic N) is 1. The largest absolute Gasteiger partial charge is 0.385 e. The number of hydrogen-bond acceptors (Lipinski definition) is 5. The number of carbonyl (C=O) groups excluding carboxylic acids is 1. The molecular weight excluding hydrogens is 412 g/mol. The molecule has 31 heavy (non-hydrogen) atoms. The Bertz CT molecular complexity index is 928. The highest BCUT2D eigenvalue weighted by atomic mass is 35.5. The lowest BCUT2D eigenvalue weighted by molar-refractivity contribution is -0.119. The fourth-order valence-electron chi connectivity index (χ4n) is 4.43. The van der Waals surface area contributed by atoms with Crippen molar-refractivity contribution in [3.05, 3.63) is 41.6 Å². The minimum Gasteiger partial charge on any atom is -0.385 e. The summed E-state index contributed by atoms with van der Waals surface area (Å²) < 4.78 is 5.83. The van der Waals surface area contributed by atoms with E-state index in [4.69, 9.17) is 16.3 Å². The molecule has 2 aromatic rings. The fourth-order valence-corrected chi connectivity index (χ4v) is 4.64. The molecular formula is C24H31ClN4O2. The van der Waals surface area contributed by atoms with Crippen LogP contribution in [0.4, 0.5) is 11.5 Å². The van der Waals surface area contributed by atoms with Gasteiger partial charge in [-0.2, -0.15) is 0 Å². The molecule has 2 aliphatic heterocycles. The standard InChI is InChI=1S/C24H31ClN4O2/c1-24(2)12-16(7-9-31-24)13-27-19-5-3-4-17(10-19)20-11-22(28-15-21(20)25)29-23(30)18-6-8-26-14-18/h3-5,10-11,15-16,18,26-27H,6-9,12-14H2,1-2H3,(H,28,29,30)/t16?,18-/m1/s1. The molecule has 7 heteroatoms. The van der Waals surface area contributed by atoms with E-state index in [0.717, 1.165) is 55.8 Å². The van der Waals surface area contributed by atoms with Gasteiger partial charge in [-0.15, -0.1) is 0 Å². The first-order chi connectivity index (χ1) is 14.9. The number of aromatic nitrogens is 1. The third kappa shape index (κ3) is 5.76. The Morgan fingerprint density at radius 3 is 2.97 bits per heavy atom. The Labute approximate surface area is 189 Å². The second-order valence-electron chi connectivity index (χ2n) is 9.16. The van der Waals surface area contributed by atoms with Gasteiger partial charge in [-0.25, -0.2) is 4.98 Å². The van der Waals surface area contributed by atoms with Crippen molar-refractivity contribution in [2.75, 3.05) is 36.9 Å². The van der Waals surface area contributed by atoms with Crippen molar-refractivity contribution in [2.24, 2.45) is 11.8 Å². The van der Waals surface area contributed by atoms with Crippen LogP contribution in [0.3, 0.4) is 0 Å². The zero-order valence-electron chi connectivity index (χ0n) is 18.2. The van der Waals surface area contributed by atoms with E-state index in [1.165, 1.54) is 0 Å². The molecule has 3 heterocycles. The van der Waals surface area contributed by atoms with Crippen molar-refractivity contribution in [3.63, 3.8) is 0 Å². The average Bonchev–Trinajstić information content (AvgIpc) is 3.28. The van der Waals surface area contributed by atoms with Crippen LogP contribution in [0, 0.1) is 11.8 Å². The molecule has 0 bridgehead atoms. The van der Waals surface area contributed by atoms with Gasteiger partial charge in [0.05, 0.1) is 16.5 Å². The van der Waals surface area contributed by atoms with Gasteiger partial charge in [0.15, 0.2) is 0 Å². The number of halogens is 1. The molecule has 2 aliphatic rings. The molecule has 0 spiro atoms. The lowest BCUT2D eigenvalue weighted by Gasteiger charge is -2.35. The zero-order chi connectivity index (χ0) is 21.8. The number of nitrogens with one attached hydrogen (secondary N) is 3. The molecule has 2 fully saturated rings. The van der Waals surface area contributed by atoms with Crippen molar-refractivity contribution in [2.45, 2.75) is 38.7 Å². The Morgan fingerprint density at radius 2 is 2.19 bits per heavy atom. The Kier molecular flexibility index (Phi) is 6.80. The maximum atomic E-state index is 12.4. The Morgan fingerprint density at radius 1 is 1.32 bits per heavy atom. The monoisotopic (exact) mass is 442 g/mol. The van der Waals surface area contributed by atoms with E-state index in [1.807, 2.05) is 18.2 Å². The van der Waals surface area contributed by atoms with Gasteiger partial charge in [0.1, 0.15) is 5.82 Å². The molecule has 2 atom stereocenters. The van der Waals surface area contributed by atoms with E-state index in [2.05, 4.69) is 46.9 Å². The highest BCUT2D eigenvalue weighted by Crippen LogP contribution is 2.32. The van der Waals surface area contributed by atoms with Crippen molar-refractivity contribution in [1.29, 1.82) is 0 Å². The van der Waals surface area contributed by atoms with Crippen LogP contribution in [0.25, 0.3) is 11.1 Å². The van der Waals surface area contributed by atoms with E-state index >= 15 is 0 Å². The number of benzene rings is 1. The molecule has 1 amide bonds. The first kappa shape index (κ1) is 22.1. The topological polar surface area (TPSA) is 75.3 Å². The third-order valence-corrected chi connectivity index (χ3v) is 6.41. The molecule has 1 aromatic carbocycles. The number of amides is 1. The molecule has 2 saturated heterocycles. The van der Waals surface area contributed by atoms with Gasteiger partial charge < -0.3 is 20.7 Å². The first-order valence-electron chi connectivity index (χ1n) is 11.0. The van der Waals surface area contributed by atoms with E-state index in [9.17, 15) is 4.79 Å². The summed E-state index contributed by atoms with van der Waals surface area (Å²) in [6, 6.07) is 10.1. The molecule has 0 saturated carbocycles. The maximum absolute atomic E-state index is 12.4. The lowest BCUT2D eigenvalue weighted by atomic mass is 9.88. The predicted molar refractivity (Wildman–Crippen MR) is 126 cm³/mol. The van der Waals surface area contributed by atoms with Crippen LogP contribution < -0.4 is 16.0 Å². The summed E-state index contributed by atoms with van der Waals surface area (Å²) in [6.07, 6.45) is 4.58. The second kappa shape index (κ2) is 9.55. The van der Waals surface area contributed by atoms with Crippen molar-refractivity contribution in [3.8, 4) is 11.1 Å².